The molecule has 1 saturated heterocycles. The maximum Gasteiger partial charge on any atom is 0.233 e. The van der Waals surface area contributed by atoms with Crippen LogP contribution in [0.25, 0.3) is 11.3 Å². The number of aromatic nitrogens is 2. The minimum absolute atomic E-state index is 0.0546. The van der Waals surface area contributed by atoms with Gasteiger partial charge in [-0.05, 0) is 19.4 Å². The highest BCUT2D eigenvalue weighted by atomic mass is 32.2. The van der Waals surface area contributed by atoms with Crippen molar-refractivity contribution >= 4 is 27.5 Å². The first kappa shape index (κ1) is 18.8. The van der Waals surface area contributed by atoms with Crippen LogP contribution >= 0.6 is 11.8 Å². The number of nitrogens with zero attached hydrogens (tertiary/aromatic N) is 3. The van der Waals surface area contributed by atoms with Crippen molar-refractivity contribution in [3.05, 3.63) is 42.1 Å². The third kappa shape index (κ3) is 4.62. The Hall–Kier alpha value is -1.93. The van der Waals surface area contributed by atoms with E-state index in [1.54, 1.807) is 11.9 Å². The number of hydrogen-bond acceptors (Lipinski definition) is 6. The van der Waals surface area contributed by atoms with Crippen LogP contribution in [-0.4, -0.2) is 59.5 Å². The van der Waals surface area contributed by atoms with Gasteiger partial charge in [-0.2, -0.15) is 0 Å². The number of rotatable bonds is 5. The summed E-state index contributed by atoms with van der Waals surface area (Å²) in [6, 6.07) is 11.5. The molecule has 8 heteroatoms. The normalized spacial score (nSPS) is 18.6. The second-order valence-electron chi connectivity index (χ2n) is 6.39. The quantitative estimate of drug-likeness (QED) is 0.574. The Balaban J connectivity index is 1.66. The molecule has 0 N–H and O–H groups in total. The van der Waals surface area contributed by atoms with E-state index in [1.165, 1.54) is 11.8 Å². The molecule has 1 amide bonds. The Bertz CT molecular complexity index is 901. The Morgan fingerprint density at radius 1 is 1.27 bits per heavy atom. The van der Waals surface area contributed by atoms with E-state index in [2.05, 4.69) is 9.97 Å². The summed E-state index contributed by atoms with van der Waals surface area (Å²) in [4.78, 5) is 22.9. The summed E-state index contributed by atoms with van der Waals surface area (Å²) < 4.78 is 23.2. The van der Waals surface area contributed by atoms with Gasteiger partial charge in [0, 0.05) is 24.3 Å². The Morgan fingerprint density at radius 3 is 2.65 bits per heavy atom. The standard InChI is InChI=1S/C18H21N3O3S2/c1-13-10-16(14-6-4-3-5-7-14)20-18(19-13)25-11-17(22)21(2)15-8-9-26(23,24)12-15/h3-7,10,15H,8-9,11-12H2,1-2H3/t15-/m0/s1. The molecule has 0 aliphatic carbocycles. The van der Waals surface area contributed by atoms with Crippen molar-refractivity contribution in [3.8, 4) is 11.3 Å². The molecule has 26 heavy (non-hydrogen) atoms. The number of aryl methyl sites for hydroxylation is 1. The van der Waals surface area contributed by atoms with Gasteiger partial charge in [0.05, 0.1) is 23.0 Å². The number of amides is 1. The maximum absolute atomic E-state index is 12.4. The van der Waals surface area contributed by atoms with Gasteiger partial charge >= 0.3 is 0 Å². The van der Waals surface area contributed by atoms with E-state index in [0.717, 1.165) is 17.0 Å². The van der Waals surface area contributed by atoms with Crippen molar-refractivity contribution in [2.75, 3.05) is 24.3 Å². The van der Waals surface area contributed by atoms with Gasteiger partial charge in [-0.3, -0.25) is 4.79 Å². The van der Waals surface area contributed by atoms with Crippen LogP contribution in [0, 0.1) is 6.92 Å². The molecular formula is C18H21N3O3S2. The highest BCUT2D eigenvalue weighted by molar-refractivity contribution is 7.99. The van der Waals surface area contributed by atoms with Gasteiger partial charge in [0.2, 0.25) is 5.91 Å². The molecule has 0 radical (unpaired) electrons. The average molecular weight is 392 g/mol. The fourth-order valence-corrected chi connectivity index (χ4v) is 5.48. The second-order valence-corrected chi connectivity index (χ2v) is 9.56. The summed E-state index contributed by atoms with van der Waals surface area (Å²) in [5.41, 5.74) is 2.66. The molecule has 0 saturated carbocycles. The Kier molecular flexibility index (Phi) is 5.62. The lowest BCUT2D eigenvalue weighted by molar-refractivity contribution is -0.128. The average Bonchev–Trinajstić information content (AvgIpc) is 2.99. The van der Waals surface area contributed by atoms with Crippen LogP contribution in [-0.2, 0) is 14.6 Å². The first-order valence-electron chi connectivity index (χ1n) is 8.34. The fourth-order valence-electron chi connectivity index (χ4n) is 2.88. The van der Waals surface area contributed by atoms with Gasteiger partial charge in [-0.25, -0.2) is 18.4 Å². The van der Waals surface area contributed by atoms with Crippen molar-refractivity contribution in [1.82, 2.24) is 14.9 Å². The molecule has 1 fully saturated rings. The van der Waals surface area contributed by atoms with E-state index < -0.39 is 9.84 Å². The van der Waals surface area contributed by atoms with Crippen LogP contribution in [0.3, 0.4) is 0 Å². The van der Waals surface area contributed by atoms with E-state index in [4.69, 9.17) is 0 Å². The summed E-state index contributed by atoms with van der Waals surface area (Å²) in [6.07, 6.45) is 0.508. The Labute approximate surface area is 158 Å². The van der Waals surface area contributed by atoms with Crippen molar-refractivity contribution in [1.29, 1.82) is 0 Å². The monoisotopic (exact) mass is 391 g/mol. The number of carbonyl (C=O) groups is 1. The molecule has 6 nitrogen and oxygen atoms in total. The highest BCUT2D eigenvalue weighted by Crippen LogP contribution is 2.23. The molecule has 138 valence electrons. The third-order valence-corrected chi connectivity index (χ3v) is 6.96. The molecule has 1 aromatic carbocycles. The molecule has 1 aliphatic rings. The van der Waals surface area contributed by atoms with Crippen molar-refractivity contribution in [2.24, 2.45) is 0 Å². The van der Waals surface area contributed by atoms with E-state index in [1.807, 2.05) is 43.3 Å². The van der Waals surface area contributed by atoms with Crippen LogP contribution in [0.2, 0.25) is 0 Å². The molecule has 0 unspecified atom stereocenters. The first-order chi connectivity index (χ1) is 12.3. The zero-order valence-electron chi connectivity index (χ0n) is 14.8. The third-order valence-electron chi connectivity index (χ3n) is 4.38. The summed E-state index contributed by atoms with van der Waals surface area (Å²) in [5.74, 6) is 0.289. The minimum Gasteiger partial charge on any atom is -0.341 e. The van der Waals surface area contributed by atoms with Gasteiger partial charge in [0.1, 0.15) is 0 Å². The number of carbonyl (C=O) groups excluding carboxylic acids is 1. The first-order valence-corrected chi connectivity index (χ1v) is 11.1. The largest absolute Gasteiger partial charge is 0.341 e. The van der Waals surface area contributed by atoms with Crippen LogP contribution < -0.4 is 0 Å². The lowest BCUT2D eigenvalue weighted by Crippen LogP contribution is -2.38. The molecule has 0 spiro atoms. The summed E-state index contributed by atoms with van der Waals surface area (Å²) in [5, 5.41) is 0.546. The summed E-state index contributed by atoms with van der Waals surface area (Å²) in [7, 11) is -1.34. The smallest absolute Gasteiger partial charge is 0.233 e. The molecule has 2 aromatic rings. The van der Waals surface area contributed by atoms with Gasteiger partial charge in [0.25, 0.3) is 0 Å². The molecular weight excluding hydrogens is 370 g/mol. The van der Waals surface area contributed by atoms with Crippen LogP contribution in [0.1, 0.15) is 12.1 Å². The predicted molar refractivity (Wildman–Crippen MR) is 103 cm³/mol. The maximum atomic E-state index is 12.4. The van der Waals surface area contributed by atoms with E-state index in [0.29, 0.717) is 11.6 Å². The molecule has 1 aliphatic heterocycles. The van der Waals surface area contributed by atoms with Crippen LogP contribution in [0.5, 0.6) is 0 Å². The van der Waals surface area contributed by atoms with Gasteiger partial charge in [0.15, 0.2) is 15.0 Å². The van der Waals surface area contributed by atoms with E-state index in [-0.39, 0.29) is 29.2 Å². The second kappa shape index (κ2) is 7.75. The minimum atomic E-state index is -3.01. The molecule has 1 atom stereocenters. The van der Waals surface area contributed by atoms with Gasteiger partial charge in [-0.1, -0.05) is 42.1 Å². The number of benzene rings is 1. The van der Waals surface area contributed by atoms with Gasteiger partial charge < -0.3 is 4.90 Å². The zero-order chi connectivity index (χ0) is 18.7. The number of sulfone groups is 1. The number of thioether (sulfide) groups is 1. The molecule has 0 bridgehead atoms. The van der Waals surface area contributed by atoms with Crippen molar-refractivity contribution in [3.63, 3.8) is 0 Å². The van der Waals surface area contributed by atoms with Crippen LogP contribution in [0.4, 0.5) is 0 Å². The summed E-state index contributed by atoms with van der Waals surface area (Å²) in [6.45, 7) is 1.90. The Morgan fingerprint density at radius 2 is 2.00 bits per heavy atom. The van der Waals surface area contributed by atoms with Crippen molar-refractivity contribution in [2.45, 2.75) is 24.5 Å². The zero-order valence-corrected chi connectivity index (χ0v) is 16.4. The molecule has 2 heterocycles. The highest BCUT2D eigenvalue weighted by Gasteiger charge is 2.32. The SMILES string of the molecule is Cc1cc(-c2ccccc2)nc(SCC(=O)N(C)[C@H]2CCS(=O)(=O)C2)n1. The molecule has 3 rings (SSSR count). The lowest BCUT2D eigenvalue weighted by Gasteiger charge is -2.23. The van der Waals surface area contributed by atoms with Crippen molar-refractivity contribution < 1.29 is 13.2 Å². The van der Waals surface area contributed by atoms with E-state index >= 15 is 0 Å². The summed E-state index contributed by atoms with van der Waals surface area (Å²) >= 11 is 1.28. The topological polar surface area (TPSA) is 80.2 Å². The fraction of sp³-hybridized carbons (Fsp3) is 0.389. The number of hydrogen-bond donors (Lipinski definition) is 0. The van der Waals surface area contributed by atoms with Crippen LogP contribution in [0.15, 0.2) is 41.6 Å². The van der Waals surface area contributed by atoms with Gasteiger partial charge in [-0.15, -0.1) is 0 Å². The lowest BCUT2D eigenvalue weighted by atomic mass is 10.1. The van der Waals surface area contributed by atoms with E-state index in [9.17, 15) is 13.2 Å². The predicted octanol–water partition coefficient (Wildman–Crippen LogP) is 2.19. The molecule has 1 aromatic heterocycles.